The minimum atomic E-state index is -0.205. The number of carbonyl (C=O) groups is 2. The molecule has 7 heteroatoms. The SMILES string of the molecule is CCOCOC1CCCN(C(=O)c2ccc(NC(=O)c3ccccc3C)cc2C)c2ccc(Cl)cc21. The standard InChI is InChI=1S/C29H31ClN2O4/c1-4-35-18-36-27-10-7-15-32(26-14-11-21(30)17-25(26)27)29(34)24-13-12-22(16-20(24)3)31-28(33)23-9-6-5-8-19(23)2/h5-6,8-9,11-14,16-17,27H,4,7,10,15,18H2,1-3H3,(H,31,33). The largest absolute Gasteiger partial charge is 0.356 e. The van der Waals surface area contributed by atoms with Crippen molar-refractivity contribution in [2.24, 2.45) is 0 Å². The number of amides is 2. The maximum Gasteiger partial charge on any atom is 0.258 e. The number of benzene rings is 3. The van der Waals surface area contributed by atoms with E-state index >= 15 is 0 Å². The van der Waals surface area contributed by atoms with E-state index in [-0.39, 0.29) is 24.7 Å². The molecule has 1 atom stereocenters. The number of nitrogens with zero attached hydrogens (tertiary/aromatic N) is 1. The van der Waals surface area contributed by atoms with E-state index < -0.39 is 0 Å². The molecule has 1 unspecified atom stereocenters. The number of ether oxygens (including phenoxy) is 2. The molecule has 1 N–H and O–H groups in total. The molecule has 36 heavy (non-hydrogen) atoms. The van der Waals surface area contributed by atoms with Crippen LogP contribution in [0.3, 0.4) is 0 Å². The molecule has 1 heterocycles. The molecule has 4 rings (SSSR count). The summed E-state index contributed by atoms with van der Waals surface area (Å²) < 4.78 is 11.4. The highest BCUT2D eigenvalue weighted by molar-refractivity contribution is 6.30. The summed E-state index contributed by atoms with van der Waals surface area (Å²) >= 11 is 6.31. The molecule has 3 aromatic rings. The lowest BCUT2D eigenvalue weighted by Gasteiger charge is -2.25. The van der Waals surface area contributed by atoms with E-state index in [0.717, 1.165) is 35.2 Å². The summed E-state index contributed by atoms with van der Waals surface area (Å²) in [6.07, 6.45) is 1.33. The van der Waals surface area contributed by atoms with E-state index in [9.17, 15) is 9.59 Å². The third-order valence-corrected chi connectivity index (χ3v) is 6.62. The second-order valence-corrected chi connectivity index (χ2v) is 9.30. The Kier molecular flexibility index (Phi) is 8.41. The van der Waals surface area contributed by atoms with Crippen molar-refractivity contribution in [1.82, 2.24) is 0 Å². The van der Waals surface area contributed by atoms with Crippen LogP contribution in [0.4, 0.5) is 11.4 Å². The Morgan fingerprint density at radius 2 is 1.83 bits per heavy atom. The lowest BCUT2D eigenvalue weighted by atomic mass is 10.0. The Morgan fingerprint density at radius 1 is 1.03 bits per heavy atom. The van der Waals surface area contributed by atoms with Crippen molar-refractivity contribution in [3.63, 3.8) is 0 Å². The van der Waals surface area contributed by atoms with Crippen molar-refractivity contribution in [1.29, 1.82) is 0 Å². The number of rotatable bonds is 7. The highest BCUT2D eigenvalue weighted by atomic mass is 35.5. The number of hydrogen-bond acceptors (Lipinski definition) is 4. The minimum Gasteiger partial charge on any atom is -0.356 e. The van der Waals surface area contributed by atoms with Gasteiger partial charge in [0.15, 0.2) is 0 Å². The topological polar surface area (TPSA) is 67.9 Å². The molecule has 0 saturated carbocycles. The Hall–Kier alpha value is -3.19. The molecule has 0 aliphatic carbocycles. The minimum absolute atomic E-state index is 0.0988. The second kappa shape index (κ2) is 11.7. The van der Waals surface area contributed by atoms with E-state index in [1.807, 2.05) is 57.2 Å². The summed E-state index contributed by atoms with van der Waals surface area (Å²) in [4.78, 5) is 28.2. The van der Waals surface area contributed by atoms with Crippen LogP contribution < -0.4 is 10.2 Å². The third kappa shape index (κ3) is 5.78. The van der Waals surface area contributed by atoms with Gasteiger partial charge in [-0.25, -0.2) is 0 Å². The summed E-state index contributed by atoms with van der Waals surface area (Å²) in [5, 5.41) is 3.54. The number of aryl methyl sites for hydroxylation is 2. The van der Waals surface area contributed by atoms with E-state index in [1.165, 1.54) is 0 Å². The number of nitrogens with one attached hydrogen (secondary N) is 1. The van der Waals surface area contributed by atoms with Crippen LogP contribution in [-0.4, -0.2) is 31.8 Å². The molecular formula is C29H31ClN2O4. The van der Waals surface area contributed by atoms with Gasteiger partial charge in [-0.05, 0) is 87.2 Å². The van der Waals surface area contributed by atoms with Crippen molar-refractivity contribution in [2.75, 3.05) is 30.2 Å². The Balaban J connectivity index is 1.57. The lowest BCUT2D eigenvalue weighted by Crippen LogP contribution is -2.32. The van der Waals surface area contributed by atoms with Gasteiger partial charge in [-0.1, -0.05) is 29.8 Å². The zero-order valence-corrected chi connectivity index (χ0v) is 21.6. The Morgan fingerprint density at radius 3 is 2.58 bits per heavy atom. The molecule has 2 amide bonds. The second-order valence-electron chi connectivity index (χ2n) is 8.87. The van der Waals surface area contributed by atoms with Gasteiger partial charge in [0.25, 0.3) is 11.8 Å². The molecule has 1 aliphatic rings. The first-order valence-electron chi connectivity index (χ1n) is 12.2. The van der Waals surface area contributed by atoms with Crippen LogP contribution in [0.25, 0.3) is 0 Å². The molecule has 3 aromatic carbocycles. The molecule has 0 aromatic heterocycles. The molecule has 0 radical (unpaired) electrons. The predicted octanol–water partition coefficient (Wildman–Crippen LogP) is 6.70. The highest BCUT2D eigenvalue weighted by Gasteiger charge is 2.28. The maximum atomic E-state index is 13.7. The van der Waals surface area contributed by atoms with Gasteiger partial charge in [-0.3, -0.25) is 9.59 Å². The summed E-state index contributed by atoms with van der Waals surface area (Å²) in [5.41, 5.74) is 5.21. The molecule has 0 fully saturated rings. The summed E-state index contributed by atoms with van der Waals surface area (Å²) in [5.74, 6) is -0.277. The van der Waals surface area contributed by atoms with Gasteiger partial charge in [0, 0.05) is 46.2 Å². The van der Waals surface area contributed by atoms with Crippen LogP contribution in [-0.2, 0) is 9.47 Å². The van der Waals surface area contributed by atoms with E-state index in [4.69, 9.17) is 21.1 Å². The average Bonchev–Trinajstić information content (AvgIpc) is 3.03. The molecule has 1 aliphatic heterocycles. The van der Waals surface area contributed by atoms with Crippen LogP contribution in [0.5, 0.6) is 0 Å². The quantitative estimate of drug-likeness (QED) is 0.286. The fourth-order valence-electron chi connectivity index (χ4n) is 4.49. The van der Waals surface area contributed by atoms with E-state index in [1.54, 1.807) is 29.2 Å². The lowest BCUT2D eigenvalue weighted by molar-refractivity contribution is -0.0896. The highest BCUT2D eigenvalue weighted by Crippen LogP contribution is 2.38. The van der Waals surface area contributed by atoms with Crippen molar-refractivity contribution < 1.29 is 19.1 Å². The number of carbonyl (C=O) groups excluding carboxylic acids is 2. The van der Waals surface area contributed by atoms with Crippen molar-refractivity contribution >= 4 is 34.8 Å². The van der Waals surface area contributed by atoms with Crippen molar-refractivity contribution in [3.05, 3.63) is 93.5 Å². The zero-order valence-electron chi connectivity index (χ0n) is 20.8. The van der Waals surface area contributed by atoms with Crippen molar-refractivity contribution in [2.45, 2.75) is 39.7 Å². The number of fused-ring (bicyclic) bond motifs is 1. The van der Waals surface area contributed by atoms with Crippen LogP contribution >= 0.6 is 11.6 Å². The maximum absolute atomic E-state index is 13.7. The average molecular weight is 507 g/mol. The summed E-state index contributed by atoms with van der Waals surface area (Å²) in [6, 6.07) is 18.4. The molecular weight excluding hydrogens is 476 g/mol. The first-order valence-corrected chi connectivity index (χ1v) is 12.5. The normalized spacial score (nSPS) is 15.2. The van der Waals surface area contributed by atoms with Crippen LogP contribution in [0.15, 0.2) is 60.7 Å². The van der Waals surface area contributed by atoms with Crippen LogP contribution in [0, 0.1) is 13.8 Å². The van der Waals surface area contributed by atoms with Gasteiger partial charge in [0.1, 0.15) is 6.79 Å². The van der Waals surface area contributed by atoms with Gasteiger partial charge in [0.05, 0.1) is 6.10 Å². The fraction of sp³-hybridized carbons (Fsp3) is 0.310. The third-order valence-electron chi connectivity index (χ3n) is 6.38. The molecule has 6 nitrogen and oxygen atoms in total. The molecule has 0 saturated heterocycles. The zero-order chi connectivity index (χ0) is 25.7. The first kappa shape index (κ1) is 25.9. The monoisotopic (exact) mass is 506 g/mol. The first-order chi connectivity index (χ1) is 17.4. The predicted molar refractivity (Wildman–Crippen MR) is 143 cm³/mol. The smallest absolute Gasteiger partial charge is 0.258 e. The molecule has 0 spiro atoms. The van der Waals surface area contributed by atoms with Gasteiger partial charge in [-0.15, -0.1) is 0 Å². The summed E-state index contributed by atoms with van der Waals surface area (Å²) in [7, 11) is 0. The van der Waals surface area contributed by atoms with Gasteiger partial charge in [0.2, 0.25) is 0 Å². The number of anilines is 2. The van der Waals surface area contributed by atoms with Crippen molar-refractivity contribution in [3.8, 4) is 0 Å². The van der Waals surface area contributed by atoms with Gasteiger partial charge < -0.3 is 19.7 Å². The Bertz CT molecular complexity index is 1260. The summed E-state index contributed by atoms with van der Waals surface area (Å²) in [6.45, 7) is 7.03. The molecule has 0 bridgehead atoms. The molecule has 188 valence electrons. The van der Waals surface area contributed by atoms with E-state index in [0.29, 0.717) is 35.0 Å². The van der Waals surface area contributed by atoms with Gasteiger partial charge in [-0.2, -0.15) is 0 Å². The fourth-order valence-corrected chi connectivity index (χ4v) is 4.67. The number of hydrogen-bond donors (Lipinski definition) is 1. The van der Waals surface area contributed by atoms with Crippen LogP contribution in [0.1, 0.15) is 63.3 Å². The Labute approximate surface area is 217 Å². The van der Waals surface area contributed by atoms with Crippen LogP contribution in [0.2, 0.25) is 5.02 Å². The van der Waals surface area contributed by atoms with E-state index in [2.05, 4.69) is 5.32 Å². The number of halogens is 1. The van der Waals surface area contributed by atoms with Gasteiger partial charge >= 0.3 is 0 Å².